The van der Waals surface area contributed by atoms with E-state index < -0.39 is 15.8 Å². The van der Waals surface area contributed by atoms with Gasteiger partial charge in [0.2, 0.25) is 0 Å². The number of methoxy groups -OCH3 is 1. The van der Waals surface area contributed by atoms with Gasteiger partial charge in [0, 0.05) is 6.07 Å². The number of halogens is 1. The van der Waals surface area contributed by atoms with E-state index in [9.17, 15) is 17.9 Å². The van der Waals surface area contributed by atoms with Gasteiger partial charge in [-0.3, -0.25) is 4.72 Å². The molecular weight excluding hydrogens is 285 g/mol. The van der Waals surface area contributed by atoms with Crippen molar-refractivity contribution >= 4 is 15.7 Å². The first kappa shape index (κ1) is 14.1. The number of anilines is 1. The molecule has 2 aromatic carbocycles. The number of hydrogen-bond donors (Lipinski definition) is 2. The smallest absolute Gasteiger partial charge is 0.262 e. The van der Waals surface area contributed by atoms with Gasteiger partial charge in [0.25, 0.3) is 10.0 Å². The number of sulfonamides is 1. The Morgan fingerprint density at radius 1 is 1.15 bits per heavy atom. The minimum atomic E-state index is -3.91. The molecule has 0 spiro atoms. The Bertz CT molecular complexity index is 714. The van der Waals surface area contributed by atoms with Gasteiger partial charge < -0.3 is 9.84 Å². The van der Waals surface area contributed by atoms with Crippen LogP contribution in [0, 0.1) is 5.82 Å². The molecule has 20 heavy (non-hydrogen) atoms. The van der Waals surface area contributed by atoms with Crippen molar-refractivity contribution < 1.29 is 22.7 Å². The predicted molar refractivity (Wildman–Crippen MR) is 71.9 cm³/mol. The molecule has 0 atom stereocenters. The van der Waals surface area contributed by atoms with Crippen LogP contribution in [-0.2, 0) is 10.0 Å². The Labute approximate surface area is 115 Å². The van der Waals surface area contributed by atoms with Gasteiger partial charge in [-0.2, -0.15) is 0 Å². The maximum atomic E-state index is 12.8. The van der Waals surface area contributed by atoms with Crippen molar-refractivity contribution in [1.29, 1.82) is 0 Å². The highest BCUT2D eigenvalue weighted by atomic mass is 32.2. The molecule has 2 rings (SSSR count). The van der Waals surface area contributed by atoms with Crippen molar-refractivity contribution in [3.8, 4) is 11.5 Å². The monoisotopic (exact) mass is 297 g/mol. The van der Waals surface area contributed by atoms with Gasteiger partial charge in [0.1, 0.15) is 17.3 Å². The van der Waals surface area contributed by atoms with E-state index in [-0.39, 0.29) is 16.3 Å². The largest absolute Gasteiger partial charge is 0.506 e. The highest BCUT2D eigenvalue weighted by Crippen LogP contribution is 2.29. The maximum absolute atomic E-state index is 12.8. The lowest BCUT2D eigenvalue weighted by Crippen LogP contribution is -2.13. The Hall–Kier alpha value is -2.28. The van der Waals surface area contributed by atoms with Crippen LogP contribution in [0.3, 0.4) is 0 Å². The van der Waals surface area contributed by atoms with E-state index in [1.165, 1.54) is 25.3 Å². The van der Waals surface area contributed by atoms with E-state index in [2.05, 4.69) is 4.72 Å². The maximum Gasteiger partial charge on any atom is 0.262 e. The van der Waals surface area contributed by atoms with Gasteiger partial charge >= 0.3 is 0 Å². The average molecular weight is 297 g/mol. The topological polar surface area (TPSA) is 75.6 Å². The summed E-state index contributed by atoms with van der Waals surface area (Å²) in [7, 11) is -2.49. The third kappa shape index (κ3) is 3.00. The molecule has 0 aliphatic rings. The number of rotatable bonds is 4. The van der Waals surface area contributed by atoms with E-state index >= 15 is 0 Å². The lowest BCUT2D eigenvalue weighted by Gasteiger charge is -2.11. The molecule has 0 bridgehead atoms. The van der Waals surface area contributed by atoms with Gasteiger partial charge in [-0.1, -0.05) is 0 Å². The minimum Gasteiger partial charge on any atom is -0.506 e. The Balaban J connectivity index is 2.35. The van der Waals surface area contributed by atoms with Crippen LogP contribution >= 0.6 is 0 Å². The van der Waals surface area contributed by atoms with Gasteiger partial charge in [-0.15, -0.1) is 0 Å². The Morgan fingerprint density at radius 2 is 1.80 bits per heavy atom. The van der Waals surface area contributed by atoms with Crippen molar-refractivity contribution in [2.45, 2.75) is 4.90 Å². The van der Waals surface area contributed by atoms with E-state index in [0.29, 0.717) is 5.75 Å². The normalized spacial score (nSPS) is 11.1. The van der Waals surface area contributed by atoms with Crippen LogP contribution in [-0.4, -0.2) is 20.6 Å². The van der Waals surface area contributed by atoms with Crippen molar-refractivity contribution in [3.05, 3.63) is 48.3 Å². The second-order valence-corrected chi connectivity index (χ2v) is 5.62. The average Bonchev–Trinajstić information content (AvgIpc) is 2.41. The van der Waals surface area contributed by atoms with E-state index in [1.807, 2.05) is 0 Å². The Kier molecular flexibility index (Phi) is 3.80. The number of nitrogens with one attached hydrogen (secondary N) is 1. The number of aromatic hydroxyl groups is 1. The lowest BCUT2D eigenvalue weighted by atomic mass is 10.3. The van der Waals surface area contributed by atoms with Gasteiger partial charge in [0.05, 0.1) is 17.7 Å². The van der Waals surface area contributed by atoms with Crippen LogP contribution in [0.15, 0.2) is 47.4 Å². The van der Waals surface area contributed by atoms with Gasteiger partial charge in [-0.25, -0.2) is 12.8 Å². The third-order valence-corrected chi connectivity index (χ3v) is 3.95. The summed E-state index contributed by atoms with van der Waals surface area (Å²) in [5.74, 6) is -0.385. The van der Waals surface area contributed by atoms with Crippen molar-refractivity contribution in [2.75, 3.05) is 11.8 Å². The first-order chi connectivity index (χ1) is 9.42. The summed E-state index contributed by atoms with van der Waals surface area (Å²) in [6.45, 7) is 0. The number of benzene rings is 2. The summed E-state index contributed by atoms with van der Waals surface area (Å²) in [6.07, 6.45) is 0. The standard InChI is InChI=1S/C13H12FNO4S/c1-19-10-4-7-13(16)12(8-10)15-20(17,18)11-5-2-9(14)3-6-11/h2-8,15-16H,1H3. The fraction of sp³-hybridized carbons (Fsp3) is 0.0769. The van der Waals surface area contributed by atoms with Crippen LogP contribution in [0.25, 0.3) is 0 Å². The lowest BCUT2D eigenvalue weighted by molar-refractivity contribution is 0.413. The van der Waals surface area contributed by atoms with E-state index in [0.717, 1.165) is 24.3 Å². The molecule has 2 aromatic rings. The first-order valence-corrected chi connectivity index (χ1v) is 7.06. The molecule has 0 heterocycles. The minimum absolute atomic E-state index is 0.0197. The quantitative estimate of drug-likeness (QED) is 0.849. The number of ether oxygens (including phenoxy) is 1. The van der Waals surface area contributed by atoms with E-state index in [1.54, 1.807) is 0 Å². The van der Waals surface area contributed by atoms with Crippen LogP contribution in [0.5, 0.6) is 11.5 Å². The summed E-state index contributed by atoms with van der Waals surface area (Å²) < 4.78 is 44.1. The van der Waals surface area contributed by atoms with E-state index in [4.69, 9.17) is 4.74 Å². The summed E-state index contributed by atoms with van der Waals surface area (Å²) in [5.41, 5.74) is -0.0197. The molecule has 0 radical (unpaired) electrons. The second kappa shape index (κ2) is 5.38. The fourth-order valence-corrected chi connectivity index (χ4v) is 2.61. The van der Waals surface area contributed by atoms with Crippen molar-refractivity contribution in [1.82, 2.24) is 0 Å². The van der Waals surface area contributed by atoms with Crippen molar-refractivity contribution in [2.24, 2.45) is 0 Å². The highest BCUT2D eigenvalue weighted by molar-refractivity contribution is 7.92. The second-order valence-electron chi connectivity index (χ2n) is 3.94. The number of phenols is 1. The van der Waals surface area contributed by atoms with Crippen molar-refractivity contribution in [3.63, 3.8) is 0 Å². The molecule has 0 fully saturated rings. The molecule has 2 N–H and O–H groups in total. The molecule has 0 unspecified atom stereocenters. The molecular formula is C13H12FNO4S. The fourth-order valence-electron chi connectivity index (χ4n) is 1.54. The zero-order chi connectivity index (χ0) is 14.8. The summed E-state index contributed by atoms with van der Waals surface area (Å²) in [5, 5.41) is 9.64. The molecule has 0 aromatic heterocycles. The zero-order valence-corrected chi connectivity index (χ0v) is 11.3. The molecule has 0 saturated heterocycles. The summed E-state index contributed by atoms with van der Waals surface area (Å²) in [6, 6.07) is 8.49. The third-order valence-electron chi connectivity index (χ3n) is 2.57. The predicted octanol–water partition coefficient (Wildman–Crippen LogP) is 2.34. The molecule has 106 valence electrons. The van der Waals surface area contributed by atoms with Crippen LogP contribution in [0.2, 0.25) is 0 Å². The molecule has 0 amide bonds. The number of phenolic OH excluding ortho intramolecular Hbond substituents is 1. The zero-order valence-electron chi connectivity index (χ0n) is 10.5. The summed E-state index contributed by atoms with van der Waals surface area (Å²) >= 11 is 0. The Morgan fingerprint density at radius 3 is 2.40 bits per heavy atom. The van der Waals surface area contributed by atoms with Crippen LogP contribution < -0.4 is 9.46 Å². The molecule has 0 saturated carbocycles. The SMILES string of the molecule is COc1ccc(O)c(NS(=O)(=O)c2ccc(F)cc2)c1. The molecule has 5 nitrogen and oxygen atoms in total. The first-order valence-electron chi connectivity index (χ1n) is 5.58. The molecule has 7 heteroatoms. The van der Waals surface area contributed by atoms with Gasteiger partial charge in [-0.05, 0) is 36.4 Å². The summed E-state index contributed by atoms with van der Waals surface area (Å²) in [4.78, 5) is -0.110. The number of hydrogen-bond acceptors (Lipinski definition) is 4. The highest BCUT2D eigenvalue weighted by Gasteiger charge is 2.16. The van der Waals surface area contributed by atoms with Crippen LogP contribution in [0.1, 0.15) is 0 Å². The molecule has 0 aliphatic heterocycles. The van der Waals surface area contributed by atoms with Crippen LogP contribution in [0.4, 0.5) is 10.1 Å². The molecule has 0 aliphatic carbocycles. The van der Waals surface area contributed by atoms with Gasteiger partial charge in [0.15, 0.2) is 0 Å².